The van der Waals surface area contributed by atoms with Crippen LogP contribution in [0.25, 0.3) is 0 Å². The number of rotatable bonds is 7. The Kier molecular flexibility index (Phi) is 8.14. The number of benzene rings is 2. The van der Waals surface area contributed by atoms with Crippen molar-refractivity contribution >= 4 is 34.8 Å². The summed E-state index contributed by atoms with van der Waals surface area (Å²) < 4.78 is 5.46. The average molecular weight is 445 g/mol. The van der Waals surface area contributed by atoms with Crippen LogP contribution in [-0.4, -0.2) is 63.1 Å². The first-order chi connectivity index (χ1) is 15.0. The molecule has 0 unspecified atom stereocenters. The molecule has 1 aliphatic heterocycles. The van der Waals surface area contributed by atoms with E-state index >= 15 is 0 Å². The van der Waals surface area contributed by atoms with Crippen LogP contribution in [0.4, 0.5) is 11.4 Å². The van der Waals surface area contributed by atoms with Crippen molar-refractivity contribution in [2.75, 3.05) is 56.6 Å². The van der Waals surface area contributed by atoms with E-state index in [9.17, 15) is 9.59 Å². The third-order valence-corrected chi connectivity index (χ3v) is 5.87. The molecule has 8 heteroatoms. The fourth-order valence-electron chi connectivity index (χ4n) is 3.61. The van der Waals surface area contributed by atoms with Crippen molar-refractivity contribution < 1.29 is 14.3 Å². The Hall–Kier alpha value is -2.77. The summed E-state index contributed by atoms with van der Waals surface area (Å²) in [5, 5.41) is 5.84. The van der Waals surface area contributed by atoms with Gasteiger partial charge in [-0.25, -0.2) is 0 Å². The minimum atomic E-state index is -0.684. The Morgan fingerprint density at radius 3 is 2.52 bits per heavy atom. The highest BCUT2D eigenvalue weighted by Crippen LogP contribution is 2.28. The van der Waals surface area contributed by atoms with E-state index in [0.717, 1.165) is 56.1 Å². The molecule has 0 aromatic heterocycles. The Labute approximate surface area is 188 Å². The van der Waals surface area contributed by atoms with Gasteiger partial charge in [0.05, 0.1) is 12.8 Å². The number of amides is 2. The van der Waals surface area contributed by atoms with Gasteiger partial charge in [0.25, 0.3) is 0 Å². The van der Waals surface area contributed by atoms with Gasteiger partial charge >= 0.3 is 11.8 Å². The summed E-state index contributed by atoms with van der Waals surface area (Å²) >= 11 is 6.05. The molecule has 0 aliphatic carbocycles. The number of piperazine rings is 1. The first-order valence-electron chi connectivity index (χ1n) is 10.4. The standard InChI is InChI=1S/C23H29ClN4O3/c1-17-18(24)7-5-8-19(17)26-23(30)22(29)25-11-6-12-27-13-15-28(16-14-27)20-9-3-4-10-21(20)31-2/h3-5,7-10H,6,11-16H2,1-2H3,(H,25,29)(H,26,30). The minimum Gasteiger partial charge on any atom is -0.495 e. The average Bonchev–Trinajstić information content (AvgIpc) is 2.80. The summed E-state index contributed by atoms with van der Waals surface area (Å²) in [6.07, 6.45) is 0.782. The molecule has 0 spiro atoms. The normalized spacial score (nSPS) is 14.2. The van der Waals surface area contributed by atoms with Gasteiger partial charge in [-0.15, -0.1) is 0 Å². The summed E-state index contributed by atoms with van der Waals surface area (Å²) in [5.41, 5.74) is 2.40. The molecule has 0 bridgehead atoms. The summed E-state index contributed by atoms with van der Waals surface area (Å²) in [4.78, 5) is 28.9. The molecule has 166 valence electrons. The maximum absolute atomic E-state index is 12.1. The number of para-hydroxylation sites is 2. The predicted octanol–water partition coefficient (Wildman–Crippen LogP) is 2.92. The fourth-order valence-corrected chi connectivity index (χ4v) is 3.78. The van der Waals surface area contributed by atoms with Crippen molar-refractivity contribution in [1.82, 2.24) is 10.2 Å². The van der Waals surface area contributed by atoms with E-state index in [-0.39, 0.29) is 0 Å². The molecule has 2 amide bonds. The van der Waals surface area contributed by atoms with Crippen molar-refractivity contribution in [3.8, 4) is 5.75 Å². The van der Waals surface area contributed by atoms with Crippen LogP contribution in [0.3, 0.4) is 0 Å². The van der Waals surface area contributed by atoms with Gasteiger partial charge in [-0.1, -0.05) is 29.8 Å². The molecular weight excluding hydrogens is 416 g/mol. The Balaban J connectivity index is 1.36. The molecule has 0 saturated carbocycles. The molecule has 31 heavy (non-hydrogen) atoms. The zero-order valence-electron chi connectivity index (χ0n) is 18.0. The van der Waals surface area contributed by atoms with E-state index < -0.39 is 11.8 Å². The number of carbonyl (C=O) groups is 2. The molecule has 0 radical (unpaired) electrons. The molecule has 2 N–H and O–H groups in total. The molecule has 1 saturated heterocycles. The molecule has 1 aliphatic rings. The maximum Gasteiger partial charge on any atom is 0.313 e. The number of halogens is 1. The quantitative estimate of drug-likeness (QED) is 0.507. The van der Waals surface area contributed by atoms with Gasteiger partial charge in [0.2, 0.25) is 0 Å². The molecule has 7 nitrogen and oxygen atoms in total. The second-order valence-corrected chi connectivity index (χ2v) is 7.88. The minimum absolute atomic E-state index is 0.452. The number of carbonyl (C=O) groups excluding carboxylic acids is 2. The van der Waals surface area contributed by atoms with E-state index in [1.807, 2.05) is 18.2 Å². The maximum atomic E-state index is 12.1. The van der Waals surface area contributed by atoms with Crippen LogP contribution in [0.2, 0.25) is 5.02 Å². The largest absolute Gasteiger partial charge is 0.495 e. The number of methoxy groups -OCH3 is 1. The van der Waals surface area contributed by atoms with Crippen LogP contribution >= 0.6 is 11.6 Å². The van der Waals surface area contributed by atoms with Gasteiger partial charge in [0.15, 0.2) is 0 Å². The number of nitrogens with one attached hydrogen (secondary N) is 2. The van der Waals surface area contributed by atoms with Crippen LogP contribution in [-0.2, 0) is 9.59 Å². The zero-order chi connectivity index (χ0) is 22.2. The van der Waals surface area contributed by atoms with Crippen LogP contribution in [0.1, 0.15) is 12.0 Å². The Morgan fingerprint density at radius 2 is 1.77 bits per heavy atom. The van der Waals surface area contributed by atoms with Crippen molar-refractivity contribution in [3.63, 3.8) is 0 Å². The zero-order valence-corrected chi connectivity index (χ0v) is 18.7. The first kappa shape index (κ1) is 22.9. The van der Waals surface area contributed by atoms with Crippen LogP contribution in [0.15, 0.2) is 42.5 Å². The van der Waals surface area contributed by atoms with Crippen molar-refractivity contribution in [1.29, 1.82) is 0 Å². The van der Waals surface area contributed by atoms with Gasteiger partial charge in [0, 0.05) is 43.4 Å². The number of anilines is 2. The molecule has 0 atom stereocenters. The van der Waals surface area contributed by atoms with E-state index in [1.165, 1.54) is 0 Å². The van der Waals surface area contributed by atoms with E-state index in [0.29, 0.717) is 17.3 Å². The second kappa shape index (κ2) is 11.0. The van der Waals surface area contributed by atoms with Crippen LogP contribution in [0, 0.1) is 6.92 Å². The van der Waals surface area contributed by atoms with Crippen molar-refractivity contribution in [3.05, 3.63) is 53.1 Å². The SMILES string of the molecule is COc1ccccc1N1CCN(CCCNC(=O)C(=O)Nc2cccc(Cl)c2C)CC1. The Morgan fingerprint density at radius 1 is 1.03 bits per heavy atom. The highest BCUT2D eigenvalue weighted by molar-refractivity contribution is 6.40. The van der Waals surface area contributed by atoms with Gasteiger partial charge in [0.1, 0.15) is 5.75 Å². The molecule has 2 aromatic rings. The first-order valence-corrected chi connectivity index (χ1v) is 10.8. The smallest absolute Gasteiger partial charge is 0.313 e. The van der Waals surface area contributed by atoms with Crippen molar-refractivity contribution in [2.45, 2.75) is 13.3 Å². The lowest BCUT2D eigenvalue weighted by atomic mass is 10.2. The van der Waals surface area contributed by atoms with E-state index in [1.54, 1.807) is 32.2 Å². The van der Waals surface area contributed by atoms with Gasteiger partial charge < -0.3 is 20.3 Å². The van der Waals surface area contributed by atoms with Crippen molar-refractivity contribution in [2.24, 2.45) is 0 Å². The third kappa shape index (κ3) is 6.12. The lowest BCUT2D eigenvalue weighted by molar-refractivity contribution is -0.136. The molecule has 3 rings (SSSR count). The molecule has 1 heterocycles. The summed E-state index contributed by atoms with van der Waals surface area (Å²) in [5.74, 6) is -0.430. The van der Waals surface area contributed by atoms with E-state index in [4.69, 9.17) is 16.3 Å². The number of hydrogen-bond donors (Lipinski definition) is 2. The highest BCUT2D eigenvalue weighted by Gasteiger charge is 2.19. The third-order valence-electron chi connectivity index (χ3n) is 5.46. The Bertz CT molecular complexity index is 913. The number of ether oxygens (including phenoxy) is 1. The predicted molar refractivity (Wildman–Crippen MR) is 124 cm³/mol. The molecule has 2 aromatic carbocycles. The molecule has 1 fully saturated rings. The lowest BCUT2D eigenvalue weighted by Gasteiger charge is -2.36. The summed E-state index contributed by atoms with van der Waals surface area (Å²) in [7, 11) is 1.69. The topological polar surface area (TPSA) is 73.9 Å². The van der Waals surface area contributed by atoms with Crippen LogP contribution < -0.4 is 20.3 Å². The monoisotopic (exact) mass is 444 g/mol. The summed E-state index contributed by atoms with van der Waals surface area (Å²) in [6.45, 7) is 6.86. The van der Waals surface area contributed by atoms with Gasteiger partial charge in [-0.3, -0.25) is 14.5 Å². The van der Waals surface area contributed by atoms with E-state index in [2.05, 4.69) is 26.5 Å². The second-order valence-electron chi connectivity index (χ2n) is 7.48. The molecular formula is C23H29ClN4O3. The highest BCUT2D eigenvalue weighted by atomic mass is 35.5. The van der Waals surface area contributed by atoms with Gasteiger partial charge in [-0.05, 0) is 49.7 Å². The van der Waals surface area contributed by atoms with Crippen LogP contribution in [0.5, 0.6) is 5.75 Å². The summed E-state index contributed by atoms with van der Waals surface area (Å²) in [6, 6.07) is 13.3. The van der Waals surface area contributed by atoms with Gasteiger partial charge in [-0.2, -0.15) is 0 Å². The lowest BCUT2D eigenvalue weighted by Crippen LogP contribution is -2.47. The number of nitrogens with zero attached hydrogens (tertiary/aromatic N) is 2. The number of hydrogen-bond acceptors (Lipinski definition) is 5. The fraction of sp³-hybridized carbons (Fsp3) is 0.391.